The second kappa shape index (κ2) is 6.70. The van der Waals surface area contributed by atoms with E-state index in [0.717, 1.165) is 24.5 Å². The first-order valence-electron chi connectivity index (χ1n) is 5.61. The minimum absolute atomic E-state index is 0.0769. The van der Waals surface area contributed by atoms with Crippen LogP contribution in [-0.4, -0.2) is 35.4 Å². The van der Waals surface area contributed by atoms with Crippen molar-refractivity contribution in [1.29, 1.82) is 0 Å². The van der Waals surface area contributed by atoms with Gasteiger partial charge in [0.2, 0.25) is 0 Å². The third kappa shape index (κ3) is 4.20. The Bertz CT molecular complexity index is 146. The van der Waals surface area contributed by atoms with Crippen molar-refractivity contribution in [3.63, 3.8) is 0 Å². The fraction of sp³-hybridized carbons (Fsp3) is 1.00. The van der Waals surface area contributed by atoms with Gasteiger partial charge >= 0.3 is 0 Å². The second-order valence-electron chi connectivity index (χ2n) is 4.18. The normalized spacial score (nSPS) is 27.2. The van der Waals surface area contributed by atoms with Crippen LogP contribution in [0, 0.1) is 5.92 Å². The maximum atomic E-state index is 9.93. The van der Waals surface area contributed by atoms with Gasteiger partial charge in [-0.05, 0) is 12.3 Å². The van der Waals surface area contributed by atoms with Crippen molar-refractivity contribution >= 4 is 11.8 Å². The molecular weight excluding hydrogens is 196 g/mol. The average molecular weight is 218 g/mol. The Morgan fingerprint density at radius 1 is 1.57 bits per heavy atom. The van der Waals surface area contributed by atoms with E-state index in [-0.39, 0.29) is 12.2 Å². The summed E-state index contributed by atoms with van der Waals surface area (Å²) in [5.74, 6) is 2.65. The Labute approximate surface area is 91.4 Å². The third-order valence-electron chi connectivity index (χ3n) is 2.70. The second-order valence-corrected chi connectivity index (χ2v) is 5.33. The average Bonchev–Trinajstić information content (AvgIpc) is 2.19. The molecule has 0 aromatic carbocycles. The van der Waals surface area contributed by atoms with Gasteiger partial charge in [-0.2, -0.15) is 11.8 Å². The van der Waals surface area contributed by atoms with Crippen molar-refractivity contribution in [3.8, 4) is 0 Å². The molecule has 1 fully saturated rings. The van der Waals surface area contributed by atoms with Crippen molar-refractivity contribution < 1.29 is 9.84 Å². The van der Waals surface area contributed by atoms with Crippen molar-refractivity contribution in [1.82, 2.24) is 0 Å². The van der Waals surface area contributed by atoms with E-state index in [1.54, 1.807) is 0 Å². The highest BCUT2D eigenvalue weighted by Gasteiger charge is 2.24. The molecule has 1 aliphatic rings. The Morgan fingerprint density at radius 3 is 2.93 bits per heavy atom. The zero-order valence-corrected chi connectivity index (χ0v) is 10.1. The van der Waals surface area contributed by atoms with E-state index in [9.17, 15) is 5.11 Å². The van der Waals surface area contributed by atoms with Gasteiger partial charge < -0.3 is 9.84 Å². The molecule has 0 aromatic heterocycles. The molecule has 0 saturated carbocycles. The summed E-state index contributed by atoms with van der Waals surface area (Å²) in [6.07, 6.45) is 3.11. The summed E-state index contributed by atoms with van der Waals surface area (Å²) in [5.41, 5.74) is 0. The van der Waals surface area contributed by atoms with E-state index >= 15 is 0 Å². The molecule has 0 bridgehead atoms. The van der Waals surface area contributed by atoms with Gasteiger partial charge in [0.1, 0.15) is 0 Å². The van der Waals surface area contributed by atoms with Gasteiger partial charge in [0.25, 0.3) is 0 Å². The van der Waals surface area contributed by atoms with E-state index in [2.05, 4.69) is 13.8 Å². The molecule has 1 saturated heterocycles. The maximum absolute atomic E-state index is 9.93. The SMILES string of the molecule is CCCC(C)CC(O)C1CSCCO1. The van der Waals surface area contributed by atoms with Crippen molar-refractivity contribution in [2.24, 2.45) is 5.92 Å². The molecule has 84 valence electrons. The number of hydrogen-bond acceptors (Lipinski definition) is 3. The fourth-order valence-corrected chi connectivity index (χ4v) is 2.83. The lowest BCUT2D eigenvalue weighted by Gasteiger charge is -2.28. The van der Waals surface area contributed by atoms with Gasteiger partial charge in [0.15, 0.2) is 0 Å². The van der Waals surface area contributed by atoms with Gasteiger partial charge in [0.05, 0.1) is 18.8 Å². The predicted octanol–water partition coefficient (Wildman–Crippen LogP) is 2.31. The van der Waals surface area contributed by atoms with Gasteiger partial charge in [-0.1, -0.05) is 26.7 Å². The molecule has 14 heavy (non-hydrogen) atoms. The van der Waals surface area contributed by atoms with E-state index in [1.807, 2.05) is 11.8 Å². The van der Waals surface area contributed by atoms with Crippen LogP contribution in [0.3, 0.4) is 0 Å². The zero-order chi connectivity index (χ0) is 10.4. The van der Waals surface area contributed by atoms with E-state index < -0.39 is 0 Å². The molecule has 1 aliphatic heterocycles. The first-order chi connectivity index (χ1) is 6.74. The van der Waals surface area contributed by atoms with Crippen LogP contribution >= 0.6 is 11.8 Å². The zero-order valence-electron chi connectivity index (χ0n) is 9.24. The maximum Gasteiger partial charge on any atom is 0.0924 e. The summed E-state index contributed by atoms with van der Waals surface area (Å²) in [7, 11) is 0. The number of hydrogen-bond donors (Lipinski definition) is 1. The molecule has 0 radical (unpaired) electrons. The topological polar surface area (TPSA) is 29.5 Å². The Morgan fingerprint density at radius 2 is 2.36 bits per heavy atom. The van der Waals surface area contributed by atoms with Crippen LogP contribution in [0.1, 0.15) is 33.1 Å². The predicted molar refractivity (Wildman–Crippen MR) is 61.8 cm³/mol. The highest BCUT2D eigenvalue weighted by molar-refractivity contribution is 7.99. The standard InChI is InChI=1S/C11H22O2S/c1-3-4-9(2)7-10(12)11-8-14-6-5-13-11/h9-12H,3-8H2,1-2H3. The third-order valence-corrected chi connectivity index (χ3v) is 3.72. The molecule has 3 heteroatoms. The van der Waals surface area contributed by atoms with Crippen LogP contribution < -0.4 is 0 Å². The molecular formula is C11H22O2S. The molecule has 1 N–H and O–H groups in total. The lowest BCUT2D eigenvalue weighted by atomic mass is 9.96. The van der Waals surface area contributed by atoms with E-state index in [0.29, 0.717) is 5.92 Å². The highest BCUT2D eigenvalue weighted by atomic mass is 32.2. The van der Waals surface area contributed by atoms with Crippen LogP contribution in [0.5, 0.6) is 0 Å². The molecule has 0 aromatic rings. The summed E-state index contributed by atoms with van der Waals surface area (Å²) in [6.45, 7) is 5.20. The number of rotatable bonds is 5. The van der Waals surface area contributed by atoms with Crippen molar-refractivity contribution in [2.45, 2.75) is 45.3 Å². The largest absolute Gasteiger partial charge is 0.390 e. The molecule has 3 unspecified atom stereocenters. The molecule has 2 nitrogen and oxygen atoms in total. The van der Waals surface area contributed by atoms with Crippen molar-refractivity contribution in [3.05, 3.63) is 0 Å². The van der Waals surface area contributed by atoms with Gasteiger partial charge in [0, 0.05) is 11.5 Å². The summed E-state index contributed by atoms with van der Waals surface area (Å²) in [5, 5.41) is 9.93. The Balaban J connectivity index is 2.21. The monoisotopic (exact) mass is 218 g/mol. The minimum Gasteiger partial charge on any atom is -0.390 e. The number of thioether (sulfide) groups is 1. The van der Waals surface area contributed by atoms with Crippen LogP contribution in [0.25, 0.3) is 0 Å². The van der Waals surface area contributed by atoms with E-state index in [1.165, 1.54) is 12.8 Å². The summed E-state index contributed by atoms with van der Waals surface area (Å²) in [6, 6.07) is 0. The quantitative estimate of drug-likeness (QED) is 0.768. The molecule has 1 heterocycles. The van der Waals surface area contributed by atoms with Gasteiger partial charge in [-0.25, -0.2) is 0 Å². The first kappa shape index (κ1) is 12.3. The van der Waals surface area contributed by atoms with Gasteiger partial charge in [-0.15, -0.1) is 0 Å². The van der Waals surface area contributed by atoms with Crippen LogP contribution in [0.15, 0.2) is 0 Å². The lowest BCUT2D eigenvalue weighted by molar-refractivity contribution is -0.0307. The Hall–Kier alpha value is 0.270. The lowest BCUT2D eigenvalue weighted by Crippen LogP contribution is -2.36. The number of aliphatic hydroxyl groups excluding tert-OH is 1. The summed E-state index contributed by atoms with van der Waals surface area (Å²) in [4.78, 5) is 0. The van der Waals surface area contributed by atoms with Crippen LogP contribution in [0.2, 0.25) is 0 Å². The molecule has 0 aliphatic carbocycles. The smallest absolute Gasteiger partial charge is 0.0924 e. The Kier molecular flexibility index (Phi) is 5.90. The van der Waals surface area contributed by atoms with Crippen LogP contribution in [0.4, 0.5) is 0 Å². The van der Waals surface area contributed by atoms with E-state index in [4.69, 9.17) is 4.74 Å². The summed E-state index contributed by atoms with van der Waals surface area (Å²) < 4.78 is 5.55. The number of ether oxygens (including phenoxy) is 1. The van der Waals surface area contributed by atoms with Crippen LogP contribution in [-0.2, 0) is 4.74 Å². The minimum atomic E-state index is -0.260. The first-order valence-corrected chi connectivity index (χ1v) is 6.77. The molecule has 0 amide bonds. The molecule has 1 rings (SSSR count). The van der Waals surface area contributed by atoms with Crippen molar-refractivity contribution in [2.75, 3.05) is 18.1 Å². The number of aliphatic hydroxyl groups is 1. The molecule has 3 atom stereocenters. The summed E-state index contributed by atoms with van der Waals surface area (Å²) >= 11 is 1.89. The highest BCUT2D eigenvalue weighted by Crippen LogP contribution is 2.21. The van der Waals surface area contributed by atoms with Gasteiger partial charge in [-0.3, -0.25) is 0 Å². The fourth-order valence-electron chi connectivity index (χ4n) is 1.90. The molecule has 0 spiro atoms.